The third-order valence-corrected chi connectivity index (χ3v) is 12.6. The number of amides is 6. The Balaban J connectivity index is 0.000000383. The van der Waals surface area contributed by atoms with E-state index in [0.29, 0.717) is 36.8 Å². The van der Waals surface area contributed by atoms with Crippen LogP contribution in [-0.4, -0.2) is 124 Å². The largest absolute Gasteiger partial charge is 0.481 e. The fourth-order valence-electron chi connectivity index (χ4n) is 8.91. The fraction of sp³-hybridized carbons (Fsp3) is 0.491. The second kappa shape index (κ2) is 27.2. The molecule has 3 heterocycles. The summed E-state index contributed by atoms with van der Waals surface area (Å²) in [6, 6.07) is 17.2. The summed E-state index contributed by atoms with van der Waals surface area (Å²) in [4.78, 5) is 116. The molecule has 0 aliphatic carbocycles. The number of aliphatic carboxylic acids is 1. The zero-order valence-corrected chi connectivity index (χ0v) is 48.9. The molecule has 3 unspecified atom stereocenters. The van der Waals surface area contributed by atoms with Crippen molar-refractivity contribution < 1.29 is 123 Å². The number of cyclic esters (lactones) is 1. The summed E-state index contributed by atoms with van der Waals surface area (Å²) in [7, 11) is 0. The maximum Gasteiger partial charge on any atom is 0.310 e. The number of esters is 1. The average Bonchev–Trinajstić information content (AvgIpc) is 3.96. The number of aryl methyl sites for hydroxylation is 4. The summed E-state index contributed by atoms with van der Waals surface area (Å²) in [5, 5.41) is 19.7. The molecule has 7 atom stereocenters. The van der Waals surface area contributed by atoms with Crippen LogP contribution >= 0.6 is 0 Å². The number of aldehydes is 1. The van der Waals surface area contributed by atoms with Crippen LogP contribution in [0.2, 0.25) is 0 Å². The van der Waals surface area contributed by atoms with E-state index in [9.17, 15) is 43.2 Å². The number of carboxylic acid groups (broad SMARTS) is 1. The van der Waals surface area contributed by atoms with Crippen molar-refractivity contribution in [2.24, 2.45) is 10.8 Å². The van der Waals surface area contributed by atoms with Crippen molar-refractivity contribution in [1.29, 1.82) is 0 Å². The monoisotopic (exact) mass is 1160 g/mol. The Bertz CT molecular complexity index is 2520. The third-order valence-electron chi connectivity index (χ3n) is 12.6. The minimum atomic E-state index is -1.22. The van der Waals surface area contributed by atoms with Crippen molar-refractivity contribution in [1.82, 2.24) is 31.1 Å². The summed E-state index contributed by atoms with van der Waals surface area (Å²) in [5.41, 5.74) is 4.26. The quantitative estimate of drug-likeness (QED) is 0.0781. The van der Waals surface area contributed by atoms with Gasteiger partial charge in [0.15, 0.2) is 0 Å². The number of carboxylic acids is 1. The number of benzene rings is 3. The molecule has 73 heavy (non-hydrogen) atoms. The molecule has 3 aromatic rings. The van der Waals surface area contributed by atoms with Crippen LogP contribution in [0.25, 0.3) is 0 Å². The van der Waals surface area contributed by atoms with Gasteiger partial charge in [-0.05, 0) is 43.1 Å². The molecular weight excluding hydrogens is 1090 g/mol. The van der Waals surface area contributed by atoms with Gasteiger partial charge >= 0.3 is 11.9 Å². The molecule has 0 spiro atoms. The molecule has 0 aromatic heterocycles. The summed E-state index contributed by atoms with van der Waals surface area (Å²) in [6.07, 6.45) is -0.337. The topological polar surface area (TPSA) is 247 Å². The van der Waals surface area contributed by atoms with Gasteiger partial charge in [-0.2, -0.15) is 47.5 Å². The van der Waals surface area contributed by atoms with Gasteiger partial charge in [0.25, 0.3) is 0 Å². The van der Waals surface area contributed by atoms with E-state index in [1.807, 2.05) is 78.8 Å². The molecule has 0 saturated carbocycles. The Morgan fingerprint density at radius 2 is 1.23 bits per heavy atom. The smallest absolute Gasteiger partial charge is 0.310 e. The van der Waals surface area contributed by atoms with Crippen molar-refractivity contribution in [2.45, 2.75) is 144 Å². The van der Waals surface area contributed by atoms with Gasteiger partial charge in [-0.15, -0.1) is 11.1 Å². The van der Waals surface area contributed by atoms with Crippen molar-refractivity contribution >= 4 is 53.7 Å². The normalized spacial score (nSPS) is 20.5. The molecule has 20 heteroatoms. The summed E-state index contributed by atoms with van der Waals surface area (Å²) in [5.74, 6) is -4.18. The van der Waals surface area contributed by atoms with Gasteiger partial charge in [0.1, 0.15) is 36.5 Å². The standard InChI is InChI=1S/C30H36N3O6.C23H30N3O6.2Y/c1-18-11-12-19(2)22(13-18)26(35)31-20(3)28(37)33-17-30(4,5)15-24(33)27(36)32-23-14-25(34)39-29(23)38-16-21-9-7-6-8-10-21;1-13-6-7-14(2)17(8-13)20(30)24-15(3)22(32)26-12-23(4,5)10-18(26)21(31)25-16(11-27)9-19(28)29;;/h6-10,12-13,20,23-24,29H,14-17H2,1-5H3,(H,31,35)(H,32,36);7-8,11,15-16,18H,9-10,12H2,1-5H3,(H,24,30)(H,25,31)(H,28,29);;/q2*-1;;/t20-,23-,24?,29?;15-,16?,18-;;/m00../s1. The summed E-state index contributed by atoms with van der Waals surface area (Å²) >= 11 is 0. The molecule has 18 nitrogen and oxygen atoms in total. The minimum Gasteiger partial charge on any atom is -0.481 e. The van der Waals surface area contributed by atoms with Gasteiger partial charge in [-0.25, -0.2) is 0 Å². The van der Waals surface area contributed by atoms with Gasteiger partial charge < -0.3 is 50.4 Å². The van der Waals surface area contributed by atoms with Crippen LogP contribution < -0.4 is 21.3 Å². The number of hydrogen-bond donors (Lipinski definition) is 5. The van der Waals surface area contributed by atoms with E-state index < -0.39 is 78.6 Å². The molecule has 3 saturated heterocycles. The Labute approximate surface area is 477 Å². The van der Waals surface area contributed by atoms with Gasteiger partial charge in [-0.3, -0.25) is 38.4 Å². The van der Waals surface area contributed by atoms with Crippen molar-refractivity contribution in [2.75, 3.05) is 13.1 Å². The molecule has 3 aromatic carbocycles. The molecular formula is C53H66N6O12Y2-2. The van der Waals surface area contributed by atoms with E-state index >= 15 is 0 Å². The first-order valence-electron chi connectivity index (χ1n) is 23.6. The zero-order chi connectivity index (χ0) is 52.5. The number of carbonyl (C=O) groups is 9. The third kappa shape index (κ3) is 17.4. The molecule has 2 radical (unpaired) electrons. The van der Waals surface area contributed by atoms with E-state index in [2.05, 4.69) is 33.4 Å². The Hall–Kier alpha value is -4.74. The number of nitrogens with one attached hydrogen (secondary N) is 4. The number of hydrogen-bond acceptors (Lipinski definition) is 11. The van der Waals surface area contributed by atoms with Crippen LogP contribution in [-0.2, 0) is 115 Å². The summed E-state index contributed by atoms with van der Waals surface area (Å²) < 4.78 is 11.1. The van der Waals surface area contributed by atoms with E-state index in [1.54, 1.807) is 45.0 Å². The van der Waals surface area contributed by atoms with E-state index in [-0.39, 0.29) is 114 Å². The Kier molecular flexibility index (Phi) is 23.3. The number of nitrogens with zero attached hydrogens (tertiary/aromatic N) is 2. The molecule has 6 amide bonds. The van der Waals surface area contributed by atoms with Crippen molar-refractivity contribution in [3.8, 4) is 0 Å². The average molecular weight is 1160 g/mol. The zero-order valence-electron chi connectivity index (χ0n) is 43.3. The molecule has 3 aliphatic rings. The first-order chi connectivity index (χ1) is 33.3. The van der Waals surface area contributed by atoms with Crippen LogP contribution in [0.5, 0.6) is 0 Å². The second-order valence-electron chi connectivity index (χ2n) is 20.3. The SMILES string of the molecule is Cc1[c-]cc(C)c(C(=O)N[C@@H](C)C(=O)N2CC(C)(C)CC2C(=O)N[C@H]2CC(=O)OC2OCc2ccccc2)c1.Cc1[c-]cc(C)c(C(=O)N[C@@H](C)C(=O)N2CC(C)(C)C[C@H]2C(=O)NC(C=O)CC(=O)O)c1.[Y].[Y]. The van der Waals surface area contributed by atoms with Crippen LogP contribution in [0.15, 0.2) is 54.6 Å². The van der Waals surface area contributed by atoms with Crippen LogP contribution in [0.1, 0.15) is 116 Å². The molecule has 388 valence electrons. The predicted molar refractivity (Wildman–Crippen MR) is 259 cm³/mol. The predicted octanol–water partition coefficient (Wildman–Crippen LogP) is 3.83. The fourth-order valence-corrected chi connectivity index (χ4v) is 8.91. The van der Waals surface area contributed by atoms with Crippen LogP contribution in [0, 0.1) is 50.7 Å². The van der Waals surface area contributed by atoms with Crippen molar-refractivity contribution in [3.05, 3.63) is 106 Å². The first-order valence-corrected chi connectivity index (χ1v) is 23.6. The minimum absolute atomic E-state index is 0. The maximum atomic E-state index is 13.5. The Morgan fingerprint density at radius 3 is 1.68 bits per heavy atom. The number of likely N-dealkylation sites (tertiary alicyclic amines) is 2. The van der Waals surface area contributed by atoms with E-state index in [1.165, 1.54) is 9.80 Å². The molecule has 6 rings (SSSR count). The van der Waals surface area contributed by atoms with Crippen LogP contribution in [0.3, 0.4) is 0 Å². The number of ether oxygens (including phenoxy) is 2. The van der Waals surface area contributed by atoms with Crippen molar-refractivity contribution in [3.63, 3.8) is 0 Å². The molecule has 5 N–H and O–H groups in total. The van der Waals surface area contributed by atoms with Gasteiger partial charge in [0.2, 0.25) is 41.7 Å². The second-order valence-corrected chi connectivity index (χ2v) is 20.3. The Morgan fingerprint density at radius 1 is 0.767 bits per heavy atom. The summed E-state index contributed by atoms with van der Waals surface area (Å²) in [6.45, 7) is 19.1. The van der Waals surface area contributed by atoms with Gasteiger partial charge in [0.05, 0.1) is 25.5 Å². The van der Waals surface area contributed by atoms with Crippen LogP contribution in [0.4, 0.5) is 0 Å². The van der Waals surface area contributed by atoms with Gasteiger partial charge in [-0.1, -0.05) is 96.8 Å². The molecule has 3 fully saturated rings. The molecule has 3 aliphatic heterocycles. The number of carbonyl (C=O) groups excluding carboxylic acids is 8. The number of rotatable bonds is 16. The van der Waals surface area contributed by atoms with E-state index in [0.717, 1.165) is 27.8 Å². The molecule has 0 bridgehead atoms. The maximum absolute atomic E-state index is 13.5. The van der Waals surface area contributed by atoms with Gasteiger partial charge in [0, 0.05) is 78.5 Å². The first kappa shape index (κ1) is 62.6. The van der Waals surface area contributed by atoms with E-state index in [4.69, 9.17) is 14.6 Å².